The van der Waals surface area contributed by atoms with E-state index in [9.17, 15) is 4.79 Å². The molecule has 4 rings (SSSR count). The Morgan fingerprint density at radius 1 is 1.38 bits per heavy atom. The first kappa shape index (κ1) is 24.0. The summed E-state index contributed by atoms with van der Waals surface area (Å²) in [5.74, 6) is 1.01. The number of likely N-dealkylation sites (tertiary alicyclic amines) is 1. The molecule has 0 bridgehead atoms. The zero-order chi connectivity index (χ0) is 24.1. The molecule has 0 aromatic carbocycles. The predicted molar refractivity (Wildman–Crippen MR) is 136 cm³/mol. The van der Waals surface area contributed by atoms with E-state index in [4.69, 9.17) is 16.6 Å². The minimum atomic E-state index is -0.0561. The minimum absolute atomic E-state index is 0.0531. The number of H-pyrrole nitrogens is 1. The van der Waals surface area contributed by atoms with Crippen LogP contribution in [0.15, 0.2) is 31.2 Å². The SMILES string of the molecule is C=CC(=O)N1CCC[C@@H](Nc2nc(Nc3cnn(CCN(CC)CC)c3)nc3[nH]cc(Cl)c23)C1. The number of hydrogen-bond acceptors (Lipinski definition) is 7. The number of likely N-dealkylation sites (N-methyl/N-ethyl adjacent to an activating group) is 1. The summed E-state index contributed by atoms with van der Waals surface area (Å²) in [5, 5.41) is 12.5. The third kappa shape index (κ3) is 5.51. The highest BCUT2D eigenvalue weighted by atomic mass is 35.5. The van der Waals surface area contributed by atoms with Gasteiger partial charge < -0.3 is 25.4 Å². The monoisotopic (exact) mass is 485 g/mol. The number of hydrogen-bond donors (Lipinski definition) is 3. The molecular weight excluding hydrogens is 454 g/mol. The summed E-state index contributed by atoms with van der Waals surface area (Å²) in [6, 6.07) is 0.0531. The number of piperidine rings is 1. The van der Waals surface area contributed by atoms with Gasteiger partial charge in [0.15, 0.2) is 0 Å². The number of aromatic amines is 1. The average molecular weight is 486 g/mol. The lowest BCUT2D eigenvalue weighted by Gasteiger charge is -2.33. The number of nitrogens with zero attached hydrogens (tertiary/aromatic N) is 6. The fourth-order valence-corrected chi connectivity index (χ4v) is 4.47. The van der Waals surface area contributed by atoms with Crippen molar-refractivity contribution in [2.75, 3.05) is 43.4 Å². The number of aromatic nitrogens is 5. The van der Waals surface area contributed by atoms with Crippen molar-refractivity contribution < 1.29 is 4.79 Å². The number of anilines is 3. The molecule has 4 heterocycles. The molecule has 11 heteroatoms. The van der Waals surface area contributed by atoms with Gasteiger partial charge in [0.25, 0.3) is 0 Å². The molecule has 10 nitrogen and oxygen atoms in total. The Morgan fingerprint density at radius 2 is 2.21 bits per heavy atom. The van der Waals surface area contributed by atoms with Crippen LogP contribution in [-0.2, 0) is 11.3 Å². The van der Waals surface area contributed by atoms with Crippen LogP contribution in [0.4, 0.5) is 17.5 Å². The number of carbonyl (C=O) groups is 1. The number of rotatable bonds is 10. The molecule has 182 valence electrons. The summed E-state index contributed by atoms with van der Waals surface area (Å²) >= 11 is 6.43. The second-order valence-corrected chi connectivity index (χ2v) is 8.78. The summed E-state index contributed by atoms with van der Waals surface area (Å²) in [6.45, 7) is 13.0. The van der Waals surface area contributed by atoms with Crippen LogP contribution in [0.2, 0.25) is 5.02 Å². The lowest BCUT2D eigenvalue weighted by molar-refractivity contribution is -0.127. The van der Waals surface area contributed by atoms with Gasteiger partial charge in [0.2, 0.25) is 11.9 Å². The van der Waals surface area contributed by atoms with Gasteiger partial charge in [-0.25, -0.2) is 0 Å². The smallest absolute Gasteiger partial charge is 0.246 e. The quantitative estimate of drug-likeness (QED) is 0.377. The summed E-state index contributed by atoms with van der Waals surface area (Å²) in [7, 11) is 0. The van der Waals surface area contributed by atoms with Crippen molar-refractivity contribution in [3.63, 3.8) is 0 Å². The Labute approximate surface area is 204 Å². The fourth-order valence-electron chi connectivity index (χ4n) is 4.24. The van der Waals surface area contributed by atoms with Crippen LogP contribution in [0.5, 0.6) is 0 Å². The molecule has 1 atom stereocenters. The number of fused-ring (bicyclic) bond motifs is 1. The van der Waals surface area contributed by atoms with Gasteiger partial charge in [0, 0.05) is 38.1 Å². The molecule has 0 saturated carbocycles. The topological polar surface area (TPSA) is 107 Å². The molecule has 1 fully saturated rings. The van der Waals surface area contributed by atoms with Crippen LogP contribution in [0.1, 0.15) is 26.7 Å². The lowest BCUT2D eigenvalue weighted by Crippen LogP contribution is -2.44. The summed E-state index contributed by atoms with van der Waals surface area (Å²) in [4.78, 5) is 28.6. The first-order valence-electron chi connectivity index (χ1n) is 11.7. The maximum atomic E-state index is 12.1. The van der Waals surface area contributed by atoms with E-state index in [1.54, 1.807) is 17.3 Å². The van der Waals surface area contributed by atoms with E-state index < -0.39 is 0 Å². The minimum Gasteiger partial charge on any atom is -0.365 e. The zero-order valence-electron chi connectivity index (χ0n) is 19.7. The summed E-state index contributed by atoms with van der Waals surface area (Å²) < 4.78 is 1.91. The van der Waals surface area contributed by atoms with Crippen molar-refractivity contribution in [1.29, 1.82) is 0 Å². The van der Waals surface area contributed by atoms with E-state index in [1.807, 2.05) is 10.9 Å². The van der Waals surface area contributed by atoms with Crippen molar-refractivity contribution in [3.8, 4) is 0 Å². The molecule has 1 saturated heterocycles. The number of halogens is 1. The Bertz CT molecular complexity index is 1140. The summed E-state index contributed by atoms with van der Waals surface area (Å²) in [6.07, 6.45) is 8.62. The van der Waals surface area contributed by atoms with Crippen LogP contribution < -0.4 is 10.6 Å². The molecule has 1 aliphatic rings. The van der Waals surface area contributed by atoms with Gasteiger partial charge in [-0.15, -0.1) is 0 Å². The molecule has 0 radical (unpaired) electrons. The Balaban J connectivity index is 1.50. The van der Waals surface area contributed by atoms with Crippen LogP contribution in [0.25, 0.3) is 11.0 Å². The van der Waals surface area contributed by atoms with E-state index >= 15 is 0 Å². The van der Waals surface area contributed by atoms with Gasteiger partial charge in [-0.05, 0) is 32.0 Å². The normalized spacial score (nSPS) is 16.2. The Kier molecular flexibility index (Phi) is 7.69. The molecular formula is C23H32ClN9O. The van der Waals surface area contributed by atoms with Crippen molar-refractivity contribution in [2.24, 2.45) is 0 Å². The van der Waals surface area contributed by atoms with Crippen LogP contribution in [-0.4, -0.2) is 79.2 Å². The molecule has 3 aromatic rings. The highest BCUT2D eigenvalue weighted by Crippen LogP contribution is 2.31. The molecule has 1 amide bonds. The molecule has 0 spiro atoms. The summed E-state index contributed by atoms with van der Waals surface area (Å²) in [5.41, 5.74) is 1.44. The van der Waals surface area contributed by atoms with Gasteiger partial charge in [0.1, 0.15) is 11.5 Å². The maximum Gasteiger partial charge on any atom is 0.246 e. The third-order valence-corrected chi connectivity index (χ3v) is 6.46. The van der Waals surface area contributed by atoms with Crippen LogP contribution in [0, 0.1) is 0 Å². The van der Waals surface area contributed by atoms with E-state index in [-0.39, 0.29) is 11.9 Å². The fraction of sp³-hybridized carbons (Fsp3) is 0.478. The van der Waals surface area contributed by atoms with Gasteiger partial charge in [-0.3, -0.25) is 9.48 Å². The van der Waals surface area contributed by atoms with E-state index in [0.717, 1.165) is 56.6 Å². The zero-order valence-corrected chi connectivity index (χ0v) is 20.5. The van der Waals surface area contributed by atoms with Crippen molar-refractivity contribution >= 4 is 46.0 Å². The van der Waals surface area contributed by atoms with E-state index in [1.165, 1.54) is 6.08 Å². The van der Waals surface area contributed by atoms with Crippen molar-refractivity contribution in [2.45, 2.75) is 39.3 Å². The first-order valence-corrected chi connectivity index (χ1v) is 12.1. The molecule has 1 aliphatic heterocycles. The molecule has 3 aromatic heterocycles. The highest BCUT2D eigenvalue weighted by molar-refractivity contribution is 6.36. The first-order chi connectivity index (χ1) is 16.5. The van der Waals surface area contributed by atoms with E-state index in [2.05, 4.69) is 51.0 Å². The second kappa shape index (κ2) is 10.9. The molecule has 3 N–H and O–H groups in total. The Hall–Kier alpha value is -3.11. The molecule has 34 heavy (non-hydrogen) atoms. The van der Waals surface area contributed by atoms with Gasteiger partial charge in [-0.1, -0.05) is 32.0 Å². The number of amides is 1. The third-order valence-electron chi connectivity index (χ3n) is 6.16. The molecule has 0 aliphatic carbocycles. The van der Waals surface area contributed by atoms with Gasteiger partial charge in [0.05, 0.1) is 28.8 Å². The standard InChI is InChI=1S/C23H32ClN9O/c1-4-19(34)32-9-7-8-16(14-32)27-22-20-18(24)13-25-21(20)29-23(30-22)28-17-12-26-33(15-17)11-10-31(5-2)6-3/h4,12-13,15-16H,1,5-11,14H2,2-3H3,(H3,25,27,28,29,30)/t16-/m1/s1. The average Bonchev–Trinajstić information content (AvgIpc) is 3.45. The van der Waals surface area contributed by atoms with Gasteiger partial charge >= 0.3 is 0 Å². The lowest BCUT2D eigenvalue weighted by atomic mass is 10.1. The highest BCUT2D eigenvalue weighted by Gasteiger charge is 2.24. The largest absolute Gasteiger partial charge is 0.365 e. The van der Waals surface area contributed by atoms with Gasteiger partial charge in [-0.2, -0.15) is 15.1 Å². The number of carbonyl (C=O) groups excluding carboxylic acids is 1. The predicted octanol–water partition coefficient (Wildman–Crippen LogP) is 3.48. The van der Waals surface area contributed by atoms with Crippen LogP contribution >= 0.6 is 11.6 Å². The maximum absolute atomic E-state index is 12.1. The van der Waals surface area contributed by atoms with E-state index in [0.29, 0.717) is 29.0 Å². The Morgan fingerprint density at radius 3 is 2.97 bits per heavy atom. The van der Waals surface area contributed by atoms with Crippen molar-refractivity contribution in [3.05, 3.63) is 36.3 Å². The second-order valence-electron chi connectivity index (χ2n) is 8.37. The number of nitrogens with one attached hydrogen (secondary N) is 3. The van der Waals surface area contributed by atoms with Crippen molar-refractivity contribution in [1.82, 2.24) is 34.5 Å². The molecule has 0 unspecified atom stereocenters. The van der Waals surface area contributed by atoms with Crippen LogP contribution in [0.3, 0.4) is 0 Å².